The summed E-state index contributed by atoms with van der Waals surface area (Å²) in [6.45, 7) is -0.484. The molecule has 0 atom stereocenters. The van der Waals surface area contributed by atoms with E-state index in [2.05, 4.69) is 19.5 Å². The number of aliphatic hydroxyl groups excluding tert-OH is 1. The number of ether oxygens (including phenoxy) is 1. The maximum atomic E-state index is 10.8. The van der Waals surface area contributed by atoms with E-state index in [1.54, 1.807) is 0 Å². The lowest BCUT2D eigenvalue weighted by molar-refractivity contribution is -0.476. The second-order valence-electron chi connectivity index (χ2n) is 1.92. The molecule has 0 amide bonds. The Bertz CT molecular complexity index is 289. The molecule has 0 aliphatic carbocycles. The number of rotatable bonds is 2. The Balaban J connectivity index is 2.68. The maximum absolute atomic E-state index is 10.8. The van der Waals surface area contributed by atoms with Gasteiger partial charge in [-0.2, -0.15) is 4.53 Å². The van der Waals surface area contributed by atoms with Crippen LogP contribution in [0.3, 0.4) is 0 Å². The molecule has 1 rings (SSSR count). The molecular weight excluding hydrogens is 166 g/mol. The predicted octanol–water partition coefficient (Wildman–Crippen LogP) is 0.329. The van der Waals surface area contributed by atoms with Crippen molar-refractivity contribution in [2.45, 2.75) is 6.42 Å². The van der Waals surface area contributed by atoms with Crippen molar-refractivity contribution in [2.75, 3.05) is 6.61 Å². The molecule has 12 heavy (non-hydrogen) atoms. The monoisotopic (exact) mass is 171 g/mol. The van der Waals surface area contributed by atoms with Gasteiger partial charge in [-0.3, -0.25) is 9.84 Å². The van der Waals surface area contributed by atoms with Gasteiger partial charge in [-0.1, -0.05) is 0 Å². The minimum absolute atomic E-state index is 0.0989. The van der Waals surface area contributed by atoms with Gasteiger partial charge >= 0.3 is 5.97 Å². The number of aliphatic hydroxyl groups is 1. The number of hydrogen-bond acceptors (Lipinski definition) is 3. The maximum Gasteiger partial charge on any atom is 0.518 e. The van der Waals surface area contributed by atoms with Crippen LogP contribution in [0.25, 0.3) is 10.4 Å². The first kappa shape index (κ1) is 8.38. The minimum Gasteiger partial charge on any atom is -0.385 e. The van der Waals surface area contributed by atoms with Crippen LogP contribution in [0.5, 0.6) is 0 Å². The highest BCUT2D eigenvalue weighted by Gasteiger charge is 2.35. The van der Waals surface area contributed by atoms with Gasteiger partial charge in [-0.25, -0.2) is 0 Å². The average Bonchev–Trinajstić information content (AvgIpc) is 2.43. The number of cyclic esters (lactones) is 1. The zero-order chi connectivity index (χ0) is 8.97. The number of hydrogen-bond donors (Lipinski definition) is 1. The molecule has 0 unspecified atom stereocenters. The van der Waals surface area contributed by atoms with Crippen molar-refractivity contribution < 1.29 is 19.5 Å². The largest absolute Gasteiger partial charge is 0.518 e. The summed E-state index contributed by atoms with van der Waals surface area (Å²) in [5, 5.41) is 22.1. The van der Waals surface area contributed by atoms with E-state index >= 15 is 0 Å². The third-order valence-corrected chi connectivity index (χ3v) is 1.18. The molecule has 0 bridgehead atoms. The van der Waals surface area contributed by atoms with Crippen LogP contribution in [0, 0.1) is 0 Å². The molecule has 1 aliphatic rings. The van der Waals surface area contributed by atoms with Crippen molar-refractivity contribution in [1.82, 2.24) is 0 Å². The predicted molar refractivity (Wildman–Crippen MR) is 34.7 cm³/mol. The summed E-state index contributed by atoms with van der Waals surface area (Å²) in [6, 6.07) is 0. The van der Waals surface area contributed by atoms with Gasteiger partial charge in [-0.05, 0) is 0 Å². The van der Waals surface area contributed by atoms with E-state index in [0.717, 1.165) is 0 Å². The van der Waals surface area contributed by atoms with Gasteiger partial charge in [-0.15, -0.1) is 0 Å². The SMILES string of the molecule is [N-]=[N+]=N[O+]=C1CC([O])=C(CO)O1. The van der Waals surface area contributed by atoms with Gasteiger partial charge in [0, 0.05) is 5.53 Å². The van der Waals surface area contributed by atoms with Crippen molar-refractivity contribution in [1.29, 1.82) is 0 Å². The summed E-state index contributed by atoms with van der Waals surface area (Å²) in [5.74, 6) is -0.583. The van der Waals surface area contributed by atoms with Gasteiger partial charge in [0.1, 0.15) is 6.61 Å². The first-order chi connectivity index (χ1) is 5.77. The normalized spacial score (nSPS) is 19.2. The smallest absolute Gasteiger partial charge is 0.385 e. The molecule has 0 aromatic rings. The molecule has 0 saturated carbocycles. The summed E-state index contributed by atoms with van der Waals surface area (Å²) >= 11 is 0. The van der Waals surface area contributed by atoms with Crippen molar-refractivity contribution in [2.24, 2.45) is 5.28 Å². The number of nitrogens with zero attached hydrogens (tertiary/aromatic N) is 3. The first-order valence-electron chi connectivity index (χ1n) is 3.03. The van der Waals surface area contributed by atoms with E-state index in [1.165, 1.54) is 0 Å². The van der Waals surface area contributed by atoms with E-state index < -0.39 is 6.61 Å². The van der Waals surface area contributed by atoms with Crippen LogP contribution in [0.1, 0.15) is 6.42 Å². The van der Waals surface area contributed by atoms with Crippen LogP contribution in [0.4, 0.5) is 0 Å². The number of esters is 1. The van der Waals surface area contributed by atoms with Gasteiger partial charge < -0.3 is 5.11 Å². The second kappa shape index (κ2) is 3.61. The van der Waals surface area contributed by atoms with E-state index in [-0.39, 0.29) is 23.9 Å². The highest BCUT2D eigenvalue weighted by Crippen LogP contribution is 2.17. The van der Waals surface area contributed by atoms with E-state index in [1.807, 2.05) is 0 Å². The lowest BCUT2D eigenvalue weighted by Crippen LogP contribution is -1.99. The Hall–Kier alpha value is -1.72. The molecule has 1 aliphatic heterocycles. The van der Waals surface area contributed by atoms with Gasteiger partial charge in [0.2, 0.25) is 11.0 Å². The summed E-state index contributed by atoms with van der Waals surface area (Å²) in [4.78, 5) is 2.29. The van der Waals surface area contributed by atoms with Crippen LogP contribution in [0.2, 0.25) is 0 Å². The summed E-state index contributed by atoms with van der Waals surface area (Å²) < 4.78 is 8.98. The molecule has 0 fully saturated rings. The Kier molecular flexibility index (Phi) is 2.52. The topological polar surface area (TPSA) is 109 Å². The minimum atomic E-state index is -0.484. The van der Waals surface area contributed by atoms with Crippen LogP contribution in [-0.4, -0.2) is 17.7 Å². The van der Waals surface area contributed by atoms with Crippen molar-refractivity contribution in [3.05, 3.63) is 22.0 Å². The summed E-state index contributed by atoms with van der Waals surface area (Å²) in [6.07, 6.45) is -0.116. The third-order valence-electron chi connectivity index (χ3n) is 1.18. The molecule has 7 heteroatoms. The highest BCUT2D eigenvalue weighted by atomic mass is 16.7. The fraction of sp³-hybridized carbons (Fsp3) is 0.400. The average molecular weight is 171 g/mol. The quantitative estimate of drug-likeness (QED) is 0.161. The van der Waals surface area contributed by atoms with Gasteiger partial charge in [0.05, 0.1) is 4.91 Å². The zero-order valence-electron chi connectivity index (χ0n) is 5.93. The Labute approximate surface area is 66.8 Å². The standard InChI is InChI=1S/C5H5N3O4/c6-7-8-12-5-1-3(10)4(2-9)11-5/h9H,1-2H2/q+1. The Morgan fingerprint density at radius 3 is 3.08 bits per heavy atom. The van der Waals surface area contributed by atoms with Crippen LogP contribution >= 0.6 is 0 Å². The molecule has 63 valence electrons. The van der Waals surface area contributed by atoms with Crippen LogP contribution < -0.4 is 0 Å². The van der Waals surface area contributed by atoms with Crippen molar-refractivity contribution in [3.8, 4) is 0 Å². The molecule has 1 radical (unpaired) electrons. The lowest BCUT2D eigenvalue weighted by Gasteiger charge is -1.83. The van der Waals surface area contributed by atoms with Crippen LogP contribution in [0.15, 0.2) is 16.8 Å². The van der Waals surface area contributed by atoms with E-state index in [0.29, 0.717) is 0 Å². The first-order valence-corrected chi connectivity index (χ1v) is 3.03. The fourth-order valence-electron chi connectivity index (χ4n) is 0.695. The van der Waals surface area contributed by atoms with Crippen molar-refractivity contribution in [3.63, 3.8) is 0 Å². The van der Waals surface area contributed by atoms with Gasteiger partial charge in [0.25, 0.3) is 5.76 Å². The molecule has 1 N–H and O–H groups in total. The molecule has 7 nitrogen and oxygen atoms in total. The van der Waals surface area contributed by atoms with Gasteiger partial charge in [0.15, 0.2) is 6.42 Å². The Morgan fingerprint density at radius 2 is 2.58 bits per heavy atom. The second-order valence-corrected chi connectivity index (χ2v) is 1.92. The van der Waals surface area contributed by atoms with Crippen molar-refractivity contribution >= 4 is 5.97 Å². The molecule has 0 aromatic carbocycles. The molecule has 0 aromatic heterocycles. The van der Waals surface area contributed by atoms with E-state index in [4.69, 9.17) is 10.6 Å². The van der Waals surface area contributed by atoms with E-state index in [9.17, 15) is 5.11 Å². The zero-order valence-corrected chi connectivity index (χ0v) is 5.93. The number of carbonyl (C=O) groups excluding carboxylic acids is 1. The number of azide groups is 1. The molecule has 0 spiro atoms. The lowest BCUT2D eigenvalue weighted by atomic mass is 10.4. The highest BCUT2D eigenvalue weighted by molar-refractivity contribution is 5.76. The molecule has 0 saturated heterocycles. The third kappa shape index (κ3) is 1.66. The summed E-state index contributed by atoms with van der Waals surface area (Å²) in [5.41, 5.74) is 7.84. The van der Waals surface area contributed by atoms with Crippen LogP contribution in [-0.2, 0) is 14.4 Å². The Morgan fingerprint density at radius 1 is 1.83 bits per heavy atom. The molecule has 1 heterocycles. The molecular formula is C5H5N3O4+. The summed E-state index contributed by atoms with van der Waals surface area (Å²) in [7, 11) is 0. The fourth-order valence-corrected chi connectivity index (χ4v) is 0.695.